The maximum atomic E-state index is 6.21. The minimum Gasteiger partial charge on any atom is -0.396 e. The third kappa shape index (κ3) is 4.68. The summed E-state index contributed by atoms with van der Waals surface area (Å²) in [5.74, 6) is 0. The second-order valence-corrected chi connectivity index (χ2v) is 6.47. The first-order valence-corrected chi connectivity index (χ1v) is 8.88. The van der Waals surface area contributed by atoms with Gasteiger partial charge in [0.2, 0.25) is 0 Å². The van der Waals surface area contributed by atoms with Gasteiger partial charge in [-0.3, -0.25) is 0 Å². The summed E-state index contributed by atoms with van der Waals surface area (Å²) in [6.07, 6.45) is 6.19. The van der Waals surface area contributed by atoms with Crippen LogP contribution in [0.4, 0.5) is 0 Å². The van der Waals surface area contributed by atoms with Gasteiger partial charge in [0.05, 0.1) is 11.8 Å². The molecule has 0 saturated heterocycles. The molecule has 0 bridgehead atoms. The Morgan fingerprint density at radius 1 is 0.917 bits per heavy atom. The summed E-state index contributed by atoms with van der Waals surface area (Å²) in [7, 11) is 0. The van der Waals surface area contributed by atoms with Crippen LogP contribution in [0.2, 0.25) is 0 Å². The third-order valence-electron chi connectivity index (χ3n) is 4.58. The van der Waals surface area contributed by atoms with Gasteiger partial charge in [0.25, 0.3) is 0 Å². The van der Waals surface area contributed by atoms with E-state index in [1.807, 2.05) is 0 Å². The average molecular weight is 322 g/mol. The number of nitrogens with zero attached hydrogens (tertiary/aromatic N) is 1. The zero-order valence-electron chi connectivity index (χ0n) is 14.2. The van der Waals surface area contributed by atoms with Gasteiger partial charge in [0, 0.05) is 6.42 Å². The average Bonchev–Trinajstić information content (AvgIpc) is 2.62. The zero-order valence-corrected chi connectivity index (χ0v) is 14.2. The molecule has 24 heavy (non-hydrogen) atoms. The first-order valence-electron chi connectivity index (χ1n) is 8.88. The molecule has 126 valence electrons. The number of aryl methyl sites for hydroxylation is 1. The quantitative estimate of drug-likeness (QED) is 0.621. The van der Waals surface area contributed by atoms with Crippen molar-refractivity contribution in [3.63, 3.8) is 0 Å². The maximum absolute atomic E-state index is 6.21. The lowest BCUT2D eigenvalue weighted by atomic mass is 9.87. The first kappa shape index (κ1) is 16.7. The van der Waals surface area contributed by atoms with Gasteiger partial charge in [-0.1, -0.05) is 59.8 Å². The van der Waals surface area contributed by atoms with Crippen molar-refractivity contribution in [2.45, 2.75) is 44.6 Å². The van der Waals surface area contributed by atoms with Crippen LogP contribution in [-0.4, -0.2) is 18.4 Å². The number of oxime groups is 1. The highest BCUT2D eigenvalue weighted by Gasteiger charge is 2.21. The summed E-state index contributed by atoms with van der Waals surface area (Å²) in [6.45, 7) is 0.673. The molecule has 2 aromatic carbocycles. The molecule has 3 heteroatoms. The minimum atomic E-state index is -0.0158. The Balaban J connectivity index is 1.36. The van der Waals surface area contributed by atoms with Crippen LogP contribution < -0.4 is 5.73 Å². The molecule has 1 unspecified atom stereocenters. The summed E-state index contributed by atoms with van der Waals surface area (Å²) in [4.78, 5) is 5.52. The molecule has 1 atom stereocenters. The van der Waals surface area contributed by atoms with E-state index in [2.05, 4.69) is 59.8 Å². The summed E-state index contributed by atoms with van der Waals surface area (Å²) >= 11 is 0. The Morgan fingerprint density at radius 3 is 2.50 bits per heavy atom. The fourth-order valence-electron chi connectivity index (χ4n) is 3.16. The molecular formula is C21H26N2O. The molecule has 1 aliphatic carbocycles. The summed E-state index contributed by atoms with van der Waals surface area (Å²) in [5, 5.41) is 4.31. The summed E-state index contributed by atoms with van der Waals surface area (Å²) < 4.78 is 0. The van der Waals surface area contributed by atoms with E-state index in [9.17, 15) is 0 Å². The van der Waals surface area contributed by atoms with Crippen LogP contribution in [0.15, 0.2) is 59.8 Å². The van der Waals surface area contributed by atoms with Crippen molar-refractivity contribution in [1.29, 1.82) is 0 Å². The highest BCUT2D eigenvalue weighted by atomic mass is 16.6. The molecule has 0 saturated carbocycles. The Bertz CT molecular complexity index is 667. The van der Waals surface area contributed by atoms with Gasteiger partial charge in [-0.05, 0) is 48.8 Å². The standard InChI is InChI=1S/C21H26N2O/c22-20-15-18-12-6-7-13-19(18)16-21(20)23-24-14-8-2-5-11-17-9-3-1-4-10-17/h1,3-4,6-7,9-10,12-13,20H,2,5,8,11,14-16,22H2/b23-21-. The molecular weight excluding hydrogens is 296 g/mol. The zero-order chi connectivity index (χ0) is 16.6. The number of benzene rings is 2. The number of unbranched alkanes of at least 4 members (excludes halogenated alkanes) is 2. The number of rotatable bonds is 7. The lowest BCUT2D eigenvalue weighted by molar-refractivity contribution is 0.138. The minimum absolute atomic E-state index is 0.0158. The van der Waals surface area contributed by atoms with Gasteiger partial charge in [0.1, 0.15) is 6.61 Å². The fourth-order valence-corrected chi connectivity index (χ4v) is 3.16. The summed E-state index contributed by atoms with van der Waals surface area (Å²) in [6, 6.07) is 19.1. The van der Waals surface area contributed by atoms with Gasteiger partial charge in [-0.25, -0.2) is 0 Å². The van der Waals surface area contributed by atoms with Crippen molar-refractivity contribution in [3.05, 3.63) is 71.3 Å². The predicted molar refractivity (Wildman–Crippen MR) is 99.2 cm³/mol. The molecule has 2 N–H and O–H groups in total. The van der Waals surface area contributed by atoms with Gasteiger partial charge in [-0.15, -0.1) is 0 Å². The second-order valence-electron chi connectivity index (χ2n) is 6.47. The third-order valence-corrected chi connectivity index (χ3v) is 4.58. The topological polar surface area (TPSA) is 47.6 Å². The molecule has 0 amide bonds. The summed E-state index contributed by atoms with van der Waals surface area (Å²) in [5.41, 5.74) is 11.2. The molecule has 0 fully saturated rings. The van der Waals surface area contributed by atoms with Crippen molar-refractivity contribution < 1.29 is 4.84 Å². The predicted octanol–water partition coefficient (Wildman–Crippen LogP) is 3.90. The van der Waals surface area contributed by atoms with E-state index in [1.165, 1.54) is 23.1 Å². The highest BCUT2D eigenvalue weighted by molar-refractivity contribution is 5.92. The molecule has 0 aromatic heterocycles. The van der Waals surface area contributed by atoms with E-state index in [0.29, 0.717) is 6.61 Å². The molecule has 0 heterocycles. The van der Waals surface area contributed by atoms with Gasteiger partial charge < -0.3 is 10.6 Å². The number of nitrogens with two attached hydrogens (primary N) is 1. The van der Waals surface area contributed by atoms with Gasteiger partial charge in [0.15, 0.2) is 0 Å². The normalized spacial score (nSPS) is 18.4. The SMILES string of the molecule is NC1Cc2ccccc2C/C1=N/OCCCCCc1ccccc1. The van der Waals surface area contributed by atoms with Crippen LogP contribution in [-0.2, 0) is 24.1 Å². The van der Waals surface area contributed by atoms with E-state index < -0.39 is 0 Å². The van der Waals surface area contributed by atoms with Crippen molar-refractivity contribution in [2.75, 3.05) is 6.61 Å². The maximum Gasteiger partial charge on any atom is 0.117 e. The van der Waals surface area contributed by atoms with Crippen molar-refractivity contribution >= 4 is 5.71 Å². The van der Waals surface area contributed by atoms with Crippen LogP contribution in [0, 0.1) is 0 Å². The van der Waals surface area contributed by atoms with E-state index in [4.69, 9.17) is 10.6 Å². The molecule has 0 radical (unpaired) electrons. The lowest BCUT2D eigenvalue weighted by Gasteiger charge is -2.22. The number of hydrogen-bond acceptors (Lipinski definition) is 3. The smallest absolute Gasteiger partial charge is 0.117 e. The Kier molecular flexibility index (Phi) is 6.02. The molecule has 3 nitrogen and oxygen atoms in total. The Labute approximate surface area is 144 Å². The van der Waals surface area contributed by atoms with Crippen LogP contribution in [0.5, 0.6) is 0 Å². The van der Waals surface area contributed by atoms with Crippen molar-refractivity contribution in [1.82, 2.24) is 0 Å². The van der Waals surface area contributed by atoms with Crippen molar-refractivity contribution in [3.8, 4) is 0 Å². The number of fused-ring (bicyclic) bond motifs is 1. The van der Waals surface area contributed by atoms with E-state index >= 15 is 0 Å². The number of hydrogen-bond donors (Lipinski definition) is 1. The second kappa shape index (κ2) is 8.65. The van der Waals surface area contributed by atoms with E-state index in [0.717, 1.165) is 37.8 Å². The van der Waals surface area contributed by atoms with Crippen LogP contribution >= 0.6 is 0 Å². The molecule has 0 aliphatic heterocycles. The Hall–Kier alpha value is -2.13. The van der Waals surface area contributed by atoms with Crippen LogP contribution in [0.1, 0.15) is 36.0 Å². The van der Waals surface area contributed by atoms with E-state index in [-0.39, 0.29) is 6.04 Å². The van der Waals surface area contributed by atoms with Crippen molar-refractivity contribution in [2.24, 2.45) is 10.9 Å². The monoisotopic (exact) mass is 322 g/mol. The van der Waals surface area contributed by atoms with Gasteiger partial charge in [-0.2, -0.15) is 0 Å². The lowest BCUT2D eigenvalue weighted by Crippen LogP contribution is -2.38. The first-order chi connectivity index (χ1) is 11.8. The molecule has 0 spiro atoms. The Morgan fingerprint density at radius 2 is 1.67 bits per heavy atom. The highest BCUT2D eigenvalue weighted by Crippen LogP contribution is 2.19. The molecule has 3 rings (SSSR count). The van der Waals surface area contributed by atoms with Crippen LogP contribution in [0.25, 0.3) is 0 Å². The molecule has 1 aliphatic rings. The van der Waals surface area contributed by atoms with Crippen LogP contribution in [0.3, 0.4) is 0 Å². The fraction of sp³-hybridized carbons (Fsp3) is 0.381. The molecule has 2 aromatic rings. The van der Waals surface area contributed by atoms with E-state index in [1.54, 1.807) is 0 Å². The largest absolute Gasteiger partial charge is 0.396 e. The van der Waals surface area contributed by atoms with Gasteiger partial charge >= 0.3 is 0 Å².